The lowest BCUT2D eigenvalue weighted by Crippen LogP contribution is -2.55. The molecule has 0 aliphatic carbocycles. The number of carbonyl (C=O) groups is 2. The summed E-state index contributed by atoms with van der Waals surface area (Å²) in [6.45, 7) is 5.69. The summed E-state index contributed by atoms with van der Waals surface area (Å²) in [4.78, 5) is 28.6. The minimum atomic E-state index is -0.766. The van der Waals surface area contributed by atoms with Gasteiger partial charge in [0, 0.05) is 18.5 Å². The van der Waals surface area contributed by atoms with Crippen LogP contribution in [0.25, 0.3) is 0 Å². The quantitative estimate of drug-likeness (QED) is 0.386. The summed E-state index contributed by atoms with van der Waals surface area (Å²) < 4.78 is 5.74. The number of hydrogen-bond acceptors (Lipinski definition) is 3. The third-order valence-electron chi connectivity index (χ3n) is 5.21. The fourth-order valence-corrected chi connectivity index (χ4v) is 3.91. The normalized spacial score (nSPS) is 12.0. The Morgan fingerprint density at radius 3 is 2.11 bits per heavy atom. The molecule has 1 unspecified atom stereocenters. The average Bonchev–Trinajstić information content (AvgIpc) is 2.82. The van der Waals surface area contributed by atoms with E-state index in [0.717, 1.165) is 11.1 Å². The zero-order valence-corrected chi connectivity index (χ0v) is 21.6. The largest absolute Gasteiger partial charge is 0.484 e. The maximum absolute atomic E-state index is 13.5. The molecule has 5 nitrogen and oxygen atoms in total. The summed E-state index contributed by atoms with van der Waals surface area (Å²) in [5.74, 6) is 0.0217. The van der Waals surface area contributed by atoms with Gasteiger partial charge in [-0.3, -0.25) is 9.59 Å². The van der Waals surface area contributed by atoms with Gasteiger partial charge >= 0.3 is 0 Å². The second kappa shape index (κ2) is 12.1. The lowest BCUT2D eigenvalue weighted by atomic mass is 10.0. The molecule has 1 atom stereocenters. The minimum Gasteiger partial charge on any atom is -0.484 e. The van der Waals surface area contributed by atoms with Crippen molar-refractivity contribution in [2.24, 2.45) is 0 Å². The number of halogens is 2. The number of hydrogen-bond donors (Lipinski definition) is 1. The maximum Gasteiger partial charge on any atom is 0.261 e. The third kappa shape index (κ3) is 8.30. The van der Waals surface area contributed by atoms with E-state index >= 15 is 0 Å². The zero-order valence-electron chi connectivity index (χ0n) is 20.1. The molecular weight excluding hydrogens is 483 g/mol. The van der Waals surface area contributed by atoms with E-state index in [9.17, 15) is 9.59 Å². The number of nitrogens with zero attached hydrogens (tertiary/aromatic N) is 1. The maximum atomic E-state index is 13.5. The monoisotopic (exact) mass is 512 g/mol. The first-order valence-corrected chi connectivity index (χ1v) is 12.1. The lowest BCUT2D eigenvalue weighted by molar-refractivity contribution is -0.143. The van der Waals surface area contributed by atoms with Crippen LogP contribution in [0.15, 0.2) is 78.9 Å². The summed E-state index contributed by atoms with van der Waals surface area (Å²) in [5.41, 5.74) is 1.23. The highest BCUT2D eigenvalue weighted by atomic mass is 35.5. The number of nitrogens with one attached hydrogen (secondary N) is 1. The Kier molecular flexibility index (Phi) is 9.19. The molecule has 3 aromatic rings. The Bertz CT molecular complexity index is 1130. The molecule has 0 aliphatic rings. The molecule has 0 aliphatic heterocycles. The van der Waals surface area contributed by atoms with Crippen molar-refractivity contribution in [1.29, 1.82) is 0 Å². The lowest BCUT2D eigenvalue weighted by Gasteiger charge is -2.33. The van der Waals surface area contributed by atoms with Gasteiger partial charge in [0.1, 0.15) is 11.8 Å². The Hall–Kier alpha value is -3.02. The van der Waals surface area contributed by atoms with Crippen LogP contribution in [-0.2, 0) is 22.6 Å². The predicted molar refractivity (Wildman–Crippen MR) is 141 cm³/mol. The molecule has 1 N–H and O–H groups in total. The van der Waals surface area contributed by atoms with Crippen molar-refractivity contribution in [2.75, 3.05) is 6.61 Å². The molecule has 0 saturated carbocycles. The van der Waals surface area contributed by atoms with Crippen molar-refractivity contribution in [3.8, 4) is 5.75 Å². The van der Waals surface area contributed by atoms with Crippen LogP contribution in [0.5, 0.6) is 5.75 Å². The Labute approximate surface area is 217 Å². The van der Waals surface area contributed by atoms with Gasteiger partial charge in [-0.1, -0.05) is 77.8 Å². The first-order valence-electron chi connectivity index (χ1n) is 11.4. The number of para-hydroxylation sites is 1. The van der Waals surface area contributed by atoms with E-state index in [2.05, 4.69) is 5.32 Å². The van der Waals surface area contributed by atoms with Gasteiger partial charge in [0.05, 0.1) is 10.0 Å². The molecular formula is C28H30Cl2N2O3. The van der Waals surface area contributed by atoms with Crippen LogP contribution in [0, 0.1) is 0 Å². The molecule has 2 amide bonds. The van der Waals surface area contributed by atoms with Crippen molar-refractivity contribution < 1.29 is 14.3 Å². The zero-order chi connectivity index (χ0) is 25.4. The van der Waals surface area contributed by atoms with Crippen molar-refractivity contribution in [2.45, 2.75) is 45.3 Å². The fraction of sp³-hybridized carbons (Fsp3) is 0.286. The molecule has 0 bridgehead atoms. The van der Waals surface area contributed by atoms with Gasteiger partial charge < -0.3 is 15.0 Å². The van der Waals surface area contributed by atoms with E-state index in [1.165, 1.54) is 0 Å². The van der Waals surface area contributed by atoms with Gasteiger partial charge in [-0.15, -0.1) is 0 Å². The van der Waals surface area contributed by atoms with Crippen LogP contribution >= 0.6 is 23.2 Å². The Morgan fingerprint density at radius 2 is 1.51 bits per heavy atom. The van der Waals surface area contributed by atoms with E-state index in [-0.39, 0.29) is 25.0 Å². The van der Waals surface area contributed by atoms with Crippen LogP contribution in [-0.4, -0.2) is 34.9 Å². The van der Waals surface area contributed by atoms with Gasteiger partial charge in [0.15, 0.2) is 6.61 Å². The number of amides is 2. The molecule has 0 saturated heterocycles. The van der Waals surface area contributed by atoms with E-state index in [1.807, 2.05) is 69.3 Å². The van der Waals surface area contributed by atoms with Crippen LogP contribution < -0.4 is 10.1 Å². The first-order chi connectivity index (χ1) is 16.6. The number of ether oxygens (including phenoxy) is 1. The Morgan fingerprint density at radius 1 is 0.886 bits per heavy atom. The second-order valence-corrected chi connectivity index (χ2v) is 10.1. The molecule has 0 radical (unpaired) electrons. The highest BCUT2D eigenvalue weighted by Crippen LogP contribution is 2.24. The number of rotatable bonds is 9. The summed E-state index contributed by atoms with van der Waals surface area (Å²) in [6.07, 6.45) is 0.348. The Balaban J connectivity index is 1.94. The molecule has 0 fully saturated rings. The summed E-state index contributed by atoms with van der Waals surface area (Å²) >= 11 is 12.3. The van der Waals surface area contributed by atoms with Crippen molar-refractivity contribution in [3.05, 3.63) is 100 Å². The number of carbonyl (C=O) groups excluding carboxylic acids is 2. The molecule has 7 heteroatoms. The molecule has 35 heavy (non-hydrogen) atoms. The topological polar surface area (TPSA) is 58.6 Å². The van der Waals surface area contributed by atoms with Gasteiger partial charge in [-0.25, -0.2) is 0 Å². The van der Waals surface area contributed by atoms with Gasteiger partial charge in [-0.05, 0) is 56.2 Å². The van der Waals surface area contributed by atoms with Gasteiger partial charge in [0.25, 0.3) is 5.91 Å². The summed E-state index contributed by atoms with van der Waals surface area (Å²) in [6, 6.07) is 23.2. The van der Waals surface area contributed by atoms with Gasteiger partial charge in [-0.2, -0.15) is 0 Å². The molecule has 0 spiro atoms. The van der Waals surface area contributed by atoms with E-state index < -0.39 is 11.6 Å². The standard InChI is InChI=1S/C28H30Cl2N2O3/c1-28(2,3)31-27(34)25(17-20-10-6-4-7-11-20)32(18-21-14-15-23(29)24(30)16-21)26(33)19-35-22-12-8-5-9-13-22/h4-16,25H,17-19H2,1-3H3,(H,31,34). The van der Waals surface area contributed by atoms with Gasteiger partial charge in [0.2, 0.25) is 5.91 Å². The van der Waals surface area contributed by atoms with Crippen LogP contribution in [0.2, 0.25) is 10.0 Å². The van der Waals surface area contributed by atoms with Crippen molar-refractivity contribution in [3.63, 3.8) is 0 Å². The number of benzene rings is 3. The molecule has 3 rings (SSSR count). The predicted octanol–water partition coefficient (Wildman–Crippen LogP) is 5.93. The smallest absolute Gasteiger partial charge is 0.261 e. The summed E-state index contributed by atoms with van der Waals surface area (Å²) in [5, 5.41) is 3.84. The van der Waals surface area contributed by atoms with E-state index in [1.54, 1.807) is 35.2 Å². The molecule has 0 heterocycles. The summed E-state index contributed by atoms with van der Waals surface area (Å²) in [7, 11) is 0. The van der Waals surface area contributed by atoms with E-state index in [4.69, 9.17) is 27.9 Å². The molecule has 0 aromatic heterocycles. The van der Waals surface area contributed by atoms with Crippen LogP contribution in [0.3, 0.4) is 0 Å². The fourth-order valence-electron chi connectivity index (χ4n) is 3.59. The van der Waals surface area contributed by atoms with Crippen LogP contribution in [0.1, 0.15) is 31.9 Å². The third-order valence-corrected chi connectivity index (χ3v) is 5.95. The average molecular weight is 513 g/mol. The second-order valence-electron chi connectivity index (χ2n) is 9.32. The molecule has 184 valence electrons. The highest BCUT2D eigenvalue weighted by molar-refractivity contribution is 6.42. The first kappa shape index (κ1) is 26.6. The minimum absolute atomic E-state index is 0.170. The van der Waals surface area contributed by atoms with Crippen molar-refractivity contribution >= 4 is 35.0 Å². The molecule has 3 aromatic carbocycles. The van der Waals surface area contributed by atoms with Crippen molar-refractivity contribution in [1.82, 2.24) is 10.2 Å². The highest BCUT2D eigenvalue weighted by Gasteiger charge is 2.32. The van der Waals surface area contributed by atoms with Crippen LogP contribution in [0.4, 0.5) is 0 Å². The SMILES string of the molecule is CC(C)(C)NC(=O)C(Cc1ccccc1)N(Cc1ccc(Cl)c(Cl)c1)C(=O)COc1ccccc1. The van der Waals surface area contributed by atoms with E-state index in [0.29, 0.717) is 22.2 Å².